The van der Waals surface area contributed by atoms with Crippen molar-refractivity contribution in [3.05, 3.63) is 205 Å². The van der Waals surface area contributed by atoms with Crippen LogP contribution in [0.3, 0.4) is 0 Å². The third-order valence-electron chi connectivity index (χ3n) is 13.8. The van der Waals surface area contributed by atoms with E-state index in [2.05, 4.69) is 208 Å². The Morgan fingerprint density at radius 3 is 1.58 bits per heavy atom. The minimum Gasteiger partial charge on any atom is -0.0622 e. The van der Waals surface area contributed by atoms with Crippen molar-refractivity contribution in [2.24, 2.45) is 0 Å². The average Bonchev–Trinajstić information content (AvgIpc) is 3.52. The molecule has 0 radical (unpaired) electrons. The van der Waals surface area contributed by atoms with Crippen LogP contribution in [0, 0.1) is 0 Å². The van der Waals surface area contributed by atoms with Crippen molar-refractivity contribution in [2.75, 3.05) is 0 Å². The molecule has 0 unspecified atom stereocenters. The highest BCUT2D eigenvalue weighted by Crippen LogP contribution is 2.55. The van der Waals surface area contributed by atoms with Crippen molar-refractivity contribution >= 4 is 75.4 Å². The molecule has 0 heterocycles. The van der Waals surface area contributed by atoms with E-state index in [-0.39, 0.29) is 5.41 Å². The number of benzene rings is 12. The minimum absolute atomic E-state index is 0.141. The molecule has 0 atom stereocenters. The van der Waals surface area contributed by atoms with Crippen LogP contribution in [0.15, 0.2) is 194 Å². The second-order valence-corrected chi connectivity index (χ2v) is 17.1. The lowest BCUT2D eigenvalue weighted by molar-refractivity contribution is 0.661. The molecule has 0 amide bonds. The highest BCUT2D eigenvalue weighted by molar-refractivity contribution is 6.34. The van der Waals surface area contributed by atoms with Gasteiger partial charge in [0.05, 0.1) is 0 Å². The van der Waals surface area contributed by atoms with E-state index in [9.17, 15) is 0 Å². The molecule has 13 rings (SSSR count). The molecule has 0 aliphatic heterocycles. The van der Waals surface area contributed by atoms with Crippen molar-refractivity contribution in [1.82, 2.24) is 0 Å². The second kappa shape index (κ2) is 11.9. The number of fused-ring (bicyclic) bond motifs is 9. The van der Waals surface area contributed by atoms with E-state index < -0.39 is 0 Å². The highest BCUT2D eigenvalue weighted by atomic mass is 14.4. The van der Waals surface area contributed by atoms with Crippen LogP contribution in [-0.2, 0) is 5.41 Å². The zero-order chi connectivity index (χ0) is 39.0. The molecular weight excluding hydrogens is 709 g/mol. The SMILES string of the molecule is CC1(C)c2ccccc2-c2c1cc(-c1c3ccccc3c(-c3ccccc3)c3ccc(-c4ccc5c6cccc7cccc(c8cccc4c85)c76)cc13)c1ccccc21. The summed E-state index contributed by atoms with van der Waals surface area (Å²) in [6.45, 7) is 4.81. The fourth-order valence-corrected chi connectivity index (χ4v) is 11.2. The van der Waals surface area contributed by atoms with Gasteiger partial charge in [-0.1, -0.05) is 196 Å². The topological polar surface area (TPSA) is 0 Å². The Morgan fingerprint density at radius 2 is 0.814 bits per heavy atom. The lowest BCUT2D eigenvalue weighted by atomic mass is 9.78. The first-order chi connectivity index (χ1) is 29.1. The Labute approximate surface area is 342 Å². The van der Waals surface area contributed by atoms with Gasteiger partial charge in [0.25, 0.3) is 0 Å². The van der Waals surface area contributed by atoms with E-state index in [1.165, 1.54) is 131 Å². The van der Waals surface area contributed by atoms with Crippen LogP contribution in [0.5, 0.6) is 0 Å². The van der Waals surface area contributed by atoms with Crippen LogP contribution in [0.1, 0.15) is 25.0 Å². The molecule has 0 nitrogen and oxygen atoms in total. The molecule has 0 N–H and O–H groups in total. The molecule has 0 saturated carbocycles. The molecule has 0 saturated heterocycles. The largest absolute Gasteiger partial charge is 0.0622 e. The van der Waals surface area contributed by atoms with E-state index in [1.54, 1.807) is 0 Å². The summed E-state index contributed by atoms with van der Waals surface area (Å²) in [4.78, 5) is 0. The zero-order valence-electron chi connectivity index (χ0n) is 33.0. The van der Waals surface area contributed by atoms with Gasteiger partial charge in [-0.15, -0.1) is 0 Å². The standard InChI is InChI=1S/C59H38/c1-59(2)52-28-11-10-23-49(52)58-41-20-7-6-19-39(41)51(34-53(58)59)57-45-22-9-8-21-42(45)55(35-15-4-3-5-16-35)48-30-29-37(33-50(48)57)38-31-32-47-44-25-13-18-36-17-12-24-43(54(36)44)46-27-14-26-40(38)56(46)47/h3-34H,1-2H3. The van der Waals surface area contributed by atoms with Gasteiger partial charge >= 0.3 is 0 Å². The fourth-order valence-electron chi connectivity index (χ4n) is 11.2. The molecule has 0 fully saturated rings. The smallest absolute Gasteiger partial charge is 0.0159 e. The Hall–Kier alpha value is -7.28. The molecule has 0 spiro atoms. The molecule has 12 aromatic rings. The van der Waals surface area contributed by atoms with Crippen molar-refractivity contribution in [3.8, 4) is 44.5 Å². The number of hydrogen-bond acceptors (Lipinski definition) is 0. The molecule has 0 bridgehead atoms. The van der Waals surface area contributed by atoms with Crippen LogP contribution >= 0.6 is 0 Å². The molecule has 1 aliphatic rings. The quantitative estimate of drug-likeness (QED) is 0.125. The predicted molar refractivity (Wildman–Crippen MR) is 254 cm³/mol. The molecule has 1 aliphatic carbocycles. The highest BCUT2D eigenvalue weighted by Gasteiger charge is 2.37. The zero-order valence-corrected chi connectivity index (χ0v) is 33.0. The summed E-state index contributed by atoms with van der Waals surface area (Å²) in [5.74, 6) is 0. The van der Waals surface area contributed by atoms with Crippen LogP contribution in [0.4, 0.5) is 0 Å². The van der Waals surface area contributed by atoms with E-state index in [4.69, 9.17) is 0 Å². The van der Waals surface area contributed by atoms with Gasteiger partial charge in [0.2, 0.25) is 0 Å². The van der Waals surface area contributed by atoms with Gasteiger partial charge in [0, 0.05) is 5.41 Å². The minimum atomic E-state index is -0.141. The summed E-state index contributed by atoms with van der Waals surface area (Å²) in [6, 6.07) is 73.2. The van der Waals surface area contributed by atoms with Crippen molar-refractivity contribution in [2.45, 2.75) is 19.3 Å². The molecule has 0 aromatic heterocycles. The molecule has 12 aromatic carbocycles. The Bertz CT molecular complexity index is 3680. The first kappa shape index (κ1) is 32.8. The maximum absolute atomic E-state index is 2.55. The van der Waals surface area contributed by atoms with Gasteiger partial charge in [-0.3, -0.25) is 0 Å². The summed E-state index contributed by atoms with van der Waals surface area (Å²) in [6.07, 6.45) is 0. The first-order valence-electron chi connectivity index (χ1n) is 20.9. The van der Waals surface area contributed by atoms with E-state index in [0.717, 1.165) is 0 Å². The van der Waals surface area contributed by atoms with Gasteiger partial charge in [0.15, 0.2) is 0 Å². The van der Waals surface area contributed by atoms with Gasteiger partial charge in [-0.05, 0) is 143 Å². The molecule has 59 heavy (non-hydrogen) atoms. The normalized spacial score (nSPS) is 13.4. The lowest BCUT2D eigenvalue weighted by Crippen LogP contribution is -2.15. The molecular formula is C59H38. The van der Waals surface area contributed by atoms with Crippen LogP contribution < -0.4 is 0 Å². The maximum Gasteiger partial charge on any atom is 0.0159 e. The molecule has 0 heteroatoms. The van der Waals surface area contributed by atoms with Crippen molar-refractivity contribution in [3.63, 3.8) is 0 Å². The predicted octanol–water partition coefficient (Wildman–Crippen LogP) is 16.5. The third kappa shape index (κ3) is 4.38. The summed E-state index contributed by atoms with van der Waals surface area (Å²) >= 11 is 0. The van der Waals surface area contributed by atoms with Crippen molar-refractivity contribution in [1.29, 1.82) is 0 Å². The summed E-state index contributed by atoms with van der Waals surface area (Å²) in [5, 5.41) is 18.2. The van der Waals surface area contributed by atoms with Gasteiger partial charge in [0.1, 0.15) is 0 Å². The van der Waals surface area contributed by atoms with Gasteiger partial charge in [-0.2, -0.15) is 0 Å². The number of rotatable bonds is 3. The number of hydrogen-bond donors (Lipinski definition) is 0. The van der Waals surface area contributed by atoms with Gasteiger partial charge < -0.3 is 0 Å². The van der Waals surface area contributed by atoms with Crippen molar-refractivity contribution < 1.29 is 0 Å². The van der Waals surface area contributed by atoms with Gasteiger partial charge in [-0.25, -0.2) is 0 Å². The maximum atomic E-state index is 2.55. The van der Waals surface area contributed by atoms with E-state index in [1.807, 2.05) is 0 Å². The Kier molecular flexibility index (Phi) is 6.60. The van der Waals surface area contributed by atoms with E-state index >= 15 is 0 Å². The summed E-state index contributed by atoms with van der Waals surface area (Å²) < 4.78 is 0. The average molecular weight is 747 g/mol. The lowest BCUT2D eigenvalue weighted by Gasteiger charge is -2.24. The van der Waals surface area contributed by atoms with Crippen LogP contribution in [0.2, 0.25) is 0 Å². The van der Waals surface area contributed by atoms with Crippen LogP contribution in [0.25, 0.3) is 120 Å². The third-order valence-corrected chi connectivity index (χ3v) is 13.8. The Balaban J connectivity index is 1.17. The monoisotopic (exact) mass is 746 g/mol. The van der Waals surface area contributed by atoms with E-state index in [0.29, 0.717) is 0 Å². The Morgan fingerprint density at radius 1 is 0.271 bits per heavy atom. The summed E-state index contributed by atoms with van der Waals surface area (Å²) in [7, 11) is 0. The summed E-state index contributed by atoms with van der Waals surface area (Å²) in [5.41, 5.74) is 13.0. The molecule has 274 valence electrons. The second-order valence-electron chi connectivity index (χ2n) is 17.1. The van der Waals surface area contributed by atoms with Crippen LogP contribution in [-0.4, -0.2) is 0 Å². The fraction of sp³-hybridized carbons (Fsp3) is 0.0508. The first-order valence-corrected chi connectivity index (χ1v) is 20.9.